The van der Waals surface area contributed by atoms with Gasteiger partial charge in [0, 0.05) is 5.02 Å². The number of aryl methyl sites for hydroxylation is 1. The van der Waals surface area contributed by atoms with E-state index < -0.39 is 0 Å². The summed E-state index contributed by atoms with van der Waals surface area (Å²) in [5, 5.41) is 13.7. The molecule has 3 nitrogen and oxygen atoms in total. The first-order valence-corrected chi connectivity index (χ1v) is 11.1. The second-order valence-corrected chi connectivity index (χ2v) is 10.1. The second kappa shape index (κ2) is 10.5. The minimum Gasteiger partial charge on any atom is -0.394 e. The highest BCUT2D eigenvalue weighted by atomic mass is 35.5. The maximum absolute atomic E-state index is 12.7. The number of nitrogens with one attached hydrogen (secondary N) is 1. The zero-order chi connectivity index (χ0) is 22.5. The number of hydrogen-bond acceptors (Lipinski definition) is 2. The molecule has 164 valence electrons. The van der Waals surface area contributed by atoms with Crippen molar-refractivity contribution in [2.24, 2.45) is 5.41 Å². The first-order chi connectivity index (χ1) is 14.0. The number of carbonyl (C=O) groups excluding carboxylic acids is 1. The quantitative estimate of drug-likeness (QED) is 0.571. The van der Waals surface area contributed by atoms with Gasteiger partial charge in [0.25, 0.3) is 0 Å². The third kappa shape index (κ3) is 6.85. The van der Waals surface area contributed by atoms with E-state index in [2.05, 4.69) is 58.1 Å². The standard InChI is InChI=1S/C26H36ClNO2/c1-17(2)21-11-8-10-19(15-26(4,5)6)23(21)13-20(16-29)28-25(30)14-22-18(3)9-7-12-24(22)27/h7-12,17,20,29H,13-16H2,1-6H3,(H,28,30)/t20-/m1/s1. The fourth-order valence-corrected chi connectivity index (χ4v) is 4.21. The zero-order valence-electron chi connectivity index (χ0n) is 19.2. The Morgan fingerprint density at radius 2 is 1.77 bits per heavy atom. The molecule has 0 saturated heterocycles. The number of carbonyl (C=O) groups is 1. The van der Waals surface area contributed by atoms with Crippen molar-refractivity contribution >= 4 is 17.5 Å². The Labute approximate surface area is 186 Å². The number of hydrogen-bond donors (Lipinski definition) is 2. The summed E-state index contributed by atoms with van der Waals surface area (Å²) in [6.07, 6.45) is 1.78. The Kier molecular flexibility index (Phi) is 8.52. The molecule has 1 atom stereocenters. The number of aliphatic hydroxyl groups is 1. The van der Waals surface area contributed by atoms with Crippen molar-refractivity contribution in [2.45, 2.75) is 72.8 Å². The van der Waals surface area contributed by atoms with Crippen molar-refractivity contribution in [2.75, 3.05) is 6.61 Å². The van der Waals surface area contributed by atoms with Crippen molar-refractivity contribution in [3.05, 3.63) is 69.2 Å². The average Bonchev–Trinajstić information content (AvgIpc) is 2.64. The molecule has 2 rings (SSSR count). The molecule has 0 aliphatic carbocycles. The Hall–Kier alpha value is -1.84. The highest BCUT2D eigenvalue weighted by Gasteiger charge is 2.21. The topological polar surface area (TPSA) is 49.3 Å². The Balaban J connectivity index is 2.23. The van der Waals surface area contributed by atoms with Crippen molar-refractivity contribution < 1.29 is 9.90 Å². The number of amides is 1. The number of aliphatic hydroxyl groups excluding tert-OH is 1. The van der Waals surface area contributed by atoms with E-state index in [0.29, 0.717) is 17.4 Å². The third-order valence-corrected chi connectivity index (χ3v) is 5.73. The zero-order valence-corrected chi connectivity index (χ0v) is 19.9. The molecule has 0 spiro atoms. The first-order valence-electron chi connectivity index (χ1n) is 10.8. The van der Waals surface area contributed by atoms with Crippen LogP contribution in [0.2, 0.25) is 5.02 Å². The lowest BCUT2D eigenvalue weighted by atomic mass is 9.82. The highest BCUT2D eigenvalue weighted by Crippen LogP contribution is 2.29. The molecule has 0 saturated carbocycles. The van der Waals surface area contributed by atoms with E-state index in [1.807, 2.05) is 19.1 Å². The minimum absolute atomic E-state index is 0.103. The van der Waals surface area contributed by atoms with E-state index >= 15 is 0 Å². The monoisotopic (exact) mass is 429 g/mol. The molecule has 0 aliphatic rings. The molecule has 0 aromatic heterocycles. The Bertz CT molecular complexity index is 848. The van der Waals surface area contributed by atoms with Gasteiger partial charge < -0.3 is 10.4 Å². The largest absolute Gasteiger partial charge is 0.394 e. The van der Waals surface area contributed by atoms with Crippen LogP contribution in [0.15, 0.2) is 36.4 Å². The van der Waals surface area contributed by atoms with Gasteiger partial charge in [-0.1, -0.05) is 76.6 Å². The second-order valence-electron chi connectivity index (χ2n) is 9.74. The SMILES string of the molecule is Cc1cccc(Cl)c1CC(=O)N[C@@H](CO)Cc1c(CC(C)(C)C)cccc1C(C)C. The van der Waals surface area contributed by atoms with E-state index in [0.717, 1.165) is 17.5 Å². The van der Waals surface area contributed by atoms with Crippen LogP contribution in [0.25, 0.3) is 0 Å². The molecule has 0 radical (unpaired) electrons. The van der Waals surface area contributed by atoms with Crippen LogP contribution in [0.4, 0.5) is 0 Å². The van der Waals surface area contributed by atoms with Gasteiger partial charge in [-0.05, 0) is 65.0 Å². The molecule has 4 heteroatoms. The van der Waals surface area contributed by atoms with Gasteiger partial charge in [0.1, 0.15) is 0 Å². The van der Waals surface area contributed by atoms with E-state index in [-0.39, 0.29) is 30.4 Å². The summed E-state index contributed by atoms with van der Waals surface area (Å²) in [6, 6.07) is 11.8. The number of rotatable bonds is 8. The van der Waals surface area contributed by atoms with Crippen molar-refractivity contribution in [1.82, 2.24) is 5.32 Å². The van der Waals surface area contributed by atoms with Crippen LogP contribution < -0.4 is 5.32 Å². The normalized spacial score (nSPS) is 12.8. The van der Waals surface area contributed by atoms with Gasteiger partial charge in [-0.15, -0.1) is 0 Å². The van der Waals surface area contributed by atoms with Crippen LogP contribution in [0.5, 0.6) is 0 Å². The van der Waals surface area contributed by atoms with Gasteiger partial charge in [-0.25, -0.2) is 0 Å². The van der Waals surface area contributed by atoms with Crippen molar-refractivity contribution in [3.8, 4) is 0 Å². The summed E-state index contributed by atoms with van der Waals surface area (Å²) in [4.78, 5) is 12.7. The summed E-state index contributed by atoms with van der Waals surface area (Å²) in [7, 11) is 0. The minimum atomic E-state index is -0.334. The molecule has 0 fully saturated rings. The molecule has 0 bridgehead atoms. The molecule has 1 amide bonds. The summed E-state index contributed by atoms with van der Waals surface area (Å²) in [5.74, 6) is 0.255. The number of benzene rings is 2. The number of halogens is 1. The Morgan fingerprint density at radius 1 is 1.10 bits per heavy atom. The fourth-order valence-electron chi connectivity index (χ4n) is 3.92. The molecule has 30 heavy (non-hydrogen) atoms. The smallest absolute Gasteiger partial charge is 0.224 e. The van der Waals surface area contributed by atoms with Crippen LogP contribution in [0.1, 0.15) is 68.4 Å². The van der Waals surface area contributed by atoms with Gasteiger partial charge >= 0.3 is 0 Å². The van der Waals surface area contributed by atoms with Crippen molar-refractivity contribution in [1.29, 1.82) is 0 Å². The lowest BCUT2D eigenvalue weighted by Gasteiger charge is -2.26. The lowest BCUT2D eigenvalue weighted by Crippen LogP contribution is -2.40. The summed E-state index contributed by atoms with van der Waals surface area (Å²) in [5.41, 5.74) is 5.81. The summed E-state index contributed by atoms with van der Waals surface area (Å²) >= 11 is 6.28. The molecule has 0 heterocycles. The molecular formula is C26H36ClNO2. The van der Waals surface area contributed by atoms with Crippen LogP contribution in [-0.2, 0) is 24.1 Å². The highest BCUT2D eigenvalue weighted by molar-refractivity contribution is 6.31. The predicted molar refractivity (Wildman–Crippen MR) is 126 cm³/mol. The molecule has 2 N–H and O–H groups in total. The van der Waals surface area contributed by atoms with E-state index in [4.69, 9.17) is 11.6 Å². The maximum atomic E-state index is 12.7. The lowest BCUT2D eigenvalue weighted by molar-refractivity contribution is -0.121. The fraction of sp³-hybridized carbons (Fsp3) is 0.500. The van der Waals surface area contributed by atoms with Gasteiger partial charge in [0.05, 0.1) is 19.1 Å². The maximum Gasteiger partial charge on any atom is 0.224 e. The van der Waals surface area contributed by atoms with Crippen LogP contribution >= 0.6 is 11.6 Å². The van der Waals surface area contributed by atoms with Gasteiger partial charge in [0.2, 0.25) is 5.91 Å². The van der Waals surface area contributed by atoms with Crippen molar-refractivity contribution in [3.63, 3.8) is 0 Å². The third-order valence-electron chi connectivity index (χ3n) is 5.38. The summed E-state index contributed by atoms with van der Waals surface area (Å²) < 4.78 is 0. The van der Waals surface area contributed by atoms with E-state index in [1.165, 1.54) is 16.7 Å². The molecular weight excluding hydrogens is 394 g/mol. The summed E-state index contributed by atoms with van der Waals surface area (Å²) in [6.45, 7) is 12.9. The van der Waals surface area contributed by atoms with Crippen LogP contribution in [0, 0.1) is 12.3 Å². The van der Waals surface area contributed by atoms with Crippen LogP contribution in [-0.4, -0.2) is 23.7 Å². The Morgan fingerprint density at radius 3 is 2.33 bits per heavy atom. The van der Waals surface area contributed by atoms with Gasteiger partial charge in [-0.2, -0.15) is 0 Å². The average molecular weight is 430 g/mol. The van der Waals surface area contributed by atoms with E-state index in [1.54, 1.807) is 6.07 Å². The van der Waals surface area contributed by atoms with E-state index in [9.17, 15) is 9.90 Å². The predicted octanol–water partition coefficient (Wildman–Crippen LogP) is 5.62. The van der Waals surface area contributed by atoms with Gasteiger partial charge in [-0.3, -0.25) is 4.79 Å². The first kappa shape index (κ1) is 24.4. The van der Waals surface area contributed by atoms with Crippen LogP contribution in [0.3, 0.4) is 0 Å². The molecule has 0 aliphatic heterocycles. The molecule has 2 aromatic carbocycles. The van der Waals surface area contributed by atoms with Gasteiger partial charge in [0.15, 0.2) is 0 Å². The molecule has 2 aromatic rings. The molecule has 0 unspecified atom stereocenters.